The minimum Gasteiger partial charge on any atom is -0.464 e. The van der Waals surface area contributed by atoms with Crippen LogP contribution in [0.25, 0.3) is 0 Å². The van der Waals surface area contributed by atoms with E-state index < -0.39 is 0 Å². The summed E-state index contributed by atoms with van der Waals surface area (Å²) in [7, 11) is 1.50. The van der Waals surface area contributed by atoms with Crippen LogP contribution in [-0.2, 0) is 9.53 Å². The van der Waals surface area contributed by atoms with Crippen LogP contribution in [0, 0.1) is 0 Å². The summed E-state index contributed by atoms with van der Waals surface area (Å²) in [5, 5.41) is 0. The van der Waals surface area contributed by atoms with Crippen LogP contribution in [0.3, 0.4) is 0 Å². The third-order valence-corrected chi connectivity index (χ3v) is 1.36. The van der Waals surface area contributed by atoms with Crippen LogP contribution in [-0.4, -0.2) is 32.1 Å². The molecule has 0 aliphatic rings. The van der Waals surface area contributed by atoms with Crippen molar-refractivity contribution in [2.45, 2.75) is 6.92 Å². The molecule has 1 rings (SSSR count). The molecule has 0 radical (unpaired) electrons. The number of aliphatic imine (C=N–C) groups is 1. The van der Waals surface area contributed by atoms with Gasteiger partial charge in [0.2, 0.25) is 0 Å². The number of hydrogen-bond donors (Lipinski definition) is 3. The first kappa shape index (κ1) is 18.3. The van der Waals surface area contributed by atoms with Gasteiger partial charge >= 0.3 is 5.97 Å². The SMILES string of the molecule is CC(=O)OCCN=C(N)N.CN.c1ccccc1. The minimum absolute atomic E-state index is 0.00662. The second-order valence-electron chi connectivity index (χ2n) is 2.80. The molecule has 0 saturated heterocycles. The Hall–Kier alpha value is -2.08. The van der Waals surface area contributed by atoms with Crippen LogP contribution < -0.4 is 17.2 Å². The van der Waals surface area contributed by atoms with Gasteiger partial charge < -0.3 is 21.9 Å². The molecule has 0 amide bonds. The topological polar surface area (TPSA) is 117 Å². The lowest BCUT2D eigenvalue weighted by molar-refractivity contribution is -0.140. The number of benzene rings is 1. The molecule has 0 saturated carbocycles. The lowest BCUT2D eigenvalue weighted by Crippen LogP contribution is -2.23. The number of rotatable bonds is 3. The van der Waals surface area contributed by atoms with Gasteiger partial charge in [0.15, 0.2) is 5.96 Å². The summed E-state index contributed by atoms with van der Waals surface area (Å²) < 4.78 is 4.54. The number of guanidine groups is 1. The Labute approximate surface area is 108 Å². The number of hydrogen-bond acceptors (Lipinski definition) is 4. The van der Waals surface area contributed by atoms with Gasteiger partial charge in [0.1, 0.15) is 6.61 Å². The average molecular weight is 254 g/mol. The number of esters is 1. The number of ether oxygens (including phenoxy) is 1. The van der Waals surface area contributed by atoms with Gasteiger partial charge in [-0.15, -0.1) is 0 Å². The molecule has 102 valence electrons. The standard InChI is InChI=1S/C6H6.C5H11N3O2.CH5N/c1-2-4-6-5-3-1;1-4(9)10-3-2-8-5(6)7;1-2/h1-6H;2-3H2,1H3,(H4,6,7,8);2H2,1H3. The highest BCUT2D eigenvalue weighted by atomic mass is 16.5. The largest absolute Gasteiger partial charge is 0.464 e. The summed E-state index contributed by atoms with van der Waals surface area (Å²) in [6.07, 6.45) is 0. The van der Waals surface area contributed by atoms with E-state index in [0.29, 0.717) is 6.54 Å². The fraction of sp³-hybridized carbons (Fsp3) is 0.333. The molecule has 0 atom stereocenters. The van der Waals surface area contributed by atoms with Crippen molar-refractivity contribution in [2.24, 2.45) is 22.2 Å². The fourth-order valence-corrected chi connectivity index (χ4v) is 0.749. The second kappa shape index (κ2) is 14.9. The second-order valence-corrected chi connectivity index (χ2v) is 2.80. The Kier molecular flexibility index (Phi) is 15.2. The summed E-state index contributed by atoms with van der Waals surface area (Å²) in [4.78, 5) is 13.7. The maximum Gasteiger partial charge on any atom is 0.302 e. The van der Waals surface area contributed by atoms with E-state index in [4.69, 9.17) is 11.5 Å². The zero-order valence-corrected chi connectivity index (χ0v) is 10.9. The first-order valence-corrected chi connectivity index (χ1v) is 5.39. The Morgan fingerprint density at radius 3 is 1.72 bits per heavy atom. The highest BCUT2D eigenvalue weighted by Gasteiger charge is 1.89. The predicted octanol–water partition coefficient (Wildman–Crippen LogP) is 0.0844. The van der Waals surface area contributed by atoms with Gasteiger partial charge in [-0.05, 0) is 7.05 Å². The van der Waals surface area contributed by atoms with E-state index in [9.17, 15) is 4.79 Å². The lowest BCUT2D eigenvalue weighted by Gasteiger charge is -1.96. The first-order chi connectivity index (χ1) is 8.63. The van der Waals surface area contributed by atoms with E-state index >= 15 is 0 Å². The van der Waals surface area contributed by atoms with Crippen molar-refractivity contribution >= 4 is 11.9 Å². The van der Waals surface area contributed by atoms with Crippen LogP contribution >= 0.6 is 0 Å². The van der Waals surface area contributed by atoms with Gasteiger partial charge in [-0.2, -0.15) is 0 Å². The third-order valence-electron chi connectivity index (χ3n) is 1.36. The van der Waals surface area contributed by atoms with Gasteiger partial charge in [-0.3, -0.25) is 9.79 Å². The molecule has 0 spiro atoms. The molecule has 0 heterocycles. The van der Waals surface area contributed by atoms with Crippen LogP contribution in [0.4, 0.5) is 0 Å². The highest BCUT2D eigenvalue weighted by Crippen LogP contribution is 1.80. The van der Waals surface area contributed by atoms with Crippen LogP contribution in [0.2, 0.25) is 0 Å². The molecule has 6 N–H and O–H groups in total. The van der Waals surface area contributed by atoms with E-state index in [1.807, 2.05) is 36.4 Å². The van der Waals surface area contributed by atoms with Gasteiger partial charge in [-0.25, -0.2) is 0 Å². The van der Waals surface area contributed by atoms with Crippen LogP contribution in [0.15, 0.2) is 41.4 Å². The zero-order chi connectivity index (χ0) is 14.2. The van der Waals surface area contributed by atoms with E-state index in [-0.39, 0.29) is 18.5 Å². The van der Waals surface area contributed by atoms with Crippen molar-refractivity contribution in [2.75, 3.05) is 20.2 Å². The number of nitrogens with zero attached hydrogens (tertiary/aromatic N) is 1. The molecule has 6 heteroatoms. The first-order valence-electron chi connectivity index (χ1n) is 5.39. The van der Waals surface area contributed by atoms with Crippen molar-refractivity contribution in [3.05, 3.63) is 36.4 Å². The number of carbonyl (C=O) groups excluding carboxylic acids is 1. The van der Waals surface area contributed by atoms with E-state index in [1.54, 1.807) is 0 Å². The molecule has 0 unspecified atom stereocenters. The number of carbonyl (C=O) groups is 1. The quantitative estimate of drug-likeness (QED) is 0.306. The molecule has 1 aromatic rings. The average Bonchev–Trinajstić information content (AvgIpc) is 2.39. The van der Waals surface area contributed by atoms with Gasteiger partial charge in [0.25, 0.3) is 0 Å². The van der Waals surface area contributed by atoms with Crippen molar-refractivity contribution < 1.29 is 9.53 Å². The van der Waals surface area contributed by atoms with E-state index in [1.165, 1.54) is 14.0 Å². The Morgan fingerprint density at radius 1 is 1.06 bits per heavy atom. The van der Waals surface area contributed by atoms with Gasteiger partial charge in [0.05, 0.1) is 6.54 Å². The minimum atomic E-state index is -0.328. The molecule has 6 nitrogen and oxygen atoms in total. The van der Waals surface area contributed by atoms with E-state index in [2.05, 4.69) is 15.5 Å². The van der Waals surface area contributed by atoms with E-state index in [0.717, 1.165) is 0 Å². The van der Waals surface area contributed by atoms with Crippen molar-refractivity contribution in [3.63, 3.8) is 0 Å². The van der Waals surface area contributed by atoms with Crippen LogP contribution in [0.5, 0.6) is 0 Å². The molecule has 18 heavy (non-hydrogen) atoms. The fourth-order valence-electron chi connectivity index (χ4n) is 0.749. The zero-order valence-electron chi connectivity index (χ0n) is 10.9. The summed E-state index contributed by atoms with van der Waals surface area (Å²) >= 11 is 0. The molecule has 1 aromatic carbocycles. The smallest absolute Gasteiger partial charge is 0.302 e. The Balaban J connectivity index is 0. The van der Waals surface area contributed by atoms with Gasteiger partial charge in [0, 0.05) is 6.92 Å². The molecule has 0 bridgehead atoms. The molecule has 0 aliphatic carbocycles. The normalized spacial score (nSPS) is 7.72. The van der Waals surface area contributed by atoms with Crippen molar-refractivity contribution in [1.29, 1.82) is 0 Å². The number of nitrogens with two attached hydrogens (primary N) is 3. The monoisotopic (exact) mass is 254 g/mol. The van der Waals surface area contributed by atoms with Crippen molar-refractivity contribution in [3.8, 4) is 0 Å². The molecular formula is C12H22N4O2. The lowest BCUT2D eigenvalue weighted by atomic mass is 10.4. The van der Waals surface area contributed by atoms with Crippen molar-refractivity contribution in [1.82, 2.24) is 0 Å². The summed E-state index contributed by atoms with van der Waals surface area (Å²) in [5.41, 5.74) is 14.5. The Bertz CT molecular complexity index is 284. The molecule has 0 aliphatic heterocycles. The summed E-state index contributed by atoms with van der Waals surface area (Å²) in [5.74, 6) is -0.321. The molecule has 0 fully saturated rings. The van der Waals surface area contributed by atoms with Gasteiger partial charge in [-0.1, -0.05) is 36.4 Å². The maximum atomic E-state index is 10.2. The third kappa shape index (κ3) is 19.5. The maximum absolute atomic E-state index is 10.2. The Morgan fingerprint density at radius 2 is 1.44 bits per heavy atom. The molecular weight excluding hydrogens is 232 g/mol. The highest BCUT2D eigenvalue weighted by molar-refractivity contribution is 5.75. The molecule has 0 aromatic heterocycles. The predicted molar refractivity (Wildman–Crippen MR) is 73.9 cm³/mol. The van der Waals surface area contributed by atoms with Crippen LogP contribution in [0.1, 0.15) is 6.92 Å². The summed E-state index contributed by atoms with van der Waals surface area (Å²) in [6.45, 7) is 1.88. The summed E-state index contributed by atoms with van der Waals surface area (Å²) in [6, 6.07) is 12.0.